The van der Waals surface area contributed by atoms with Crippen LogP contribution in [0, 0.1) is 5.92 Å². The predicted octanol–water partition coefficient (Wildman–Crippen LogP) is 3.50. The zero-order valence-electron chi connectivity index (χ0n) is 16.9. The average molecular weight is 395 g/mol. The summed E-state index contributed by atoms with van der Waals surface area (Å²) in [5.41, 5.74) is 1.72. The van der Waals surface area contributed by atoms with Crippen molar-refractivity contribution in [2.45, 2.75) is 31.9 Å². The monoisotopic (exact) mass is 394 g/mol. The van der Waals surface area contributed by atoms with Crippen molar-refractivity contribution in [2.24, 2.45) is 5.92 Å². The van der Waals surface area contributed by atoms with Crippen LogP contribution in [0.5, 0.6) is 5.75 Å². The summed E-state index contributed by atoms with van der Waals surface area (Å²) in [7, 11) is 0. The lowest BCUT2D eigenvalue weighted by atomic mass is 10.0. The van der Waals surface area contributed by atoms with Gasteiger partial charge in [-0.1, -0.05) is 36.4 Å². The van der Waals surface area contributed by atoms with Crippen LogP contribution in [0.1, 0.15) is 35.2 Å². The van der Waals surface area contributed by atoms with Crippen molar-refractivity contribution >= 4 is 5.91 Å². The number of benzene rings is 2. The third-order valence-electron chi connectivity index (χ3n) is 5.77. The Labute approximate surface area is 173 Å². The molecule has 2 fully saturated rings. The molecule has 2 aromatic carbocycles. The smallest absolute Gasteiger partial charge is 0.251 e. The van der Waals surface area contributed by atoms with Gasteiger partial charge in [0.2, 0.25) is 0 Å². The zero-order chi connectivity index (χ0) is 19.9. The molecule has 154 valence electrons. The topological polar surface area (TPSA) is 50.8 Å². The second-order valence-corrected chi connectivity index (χ2v) is 8.04. The summed E-state index contributed by atoms with van der Waals surface area (Å²) in [6.07, 6.45) is 3.46. The Morgan fingerprint density at radius 1 is 1.07 bits per heavy atom. The number of carbonyl (C=O) groups excluding carboxylic acids is 1. The van der Waals surface area contributed by atoms with Crippen LogP contribution in [0.2, 0.25) is 0 Å². The molecule has 2 saturated heterocycles. The van der Waals surface area contributed by atoms with Crippen LogP contribution >= 0.6 is 0 Å². The minimum absolute atomic E-state index is 0.0760. The molecular weight excluding hydrogens is 364 g/mol. The number of nitrogens with zero attached hydrogens (tertiary/aromatic N) is 1. The fourth-order valence-electron chi connectivity index (χ4n) is 4.09. The van der Waals surface area contributed by atoms with Gasteiger partial charge in [-0.15, -0.1) is 0 Å². The minimum Gasteiger partial charge on any atom is -0.490 e. The quantitative estimate of drug-likeness (QED) is 0.781. The first-order valence-corrected chi connectivity index (χ1v) is 10.7. The van der Waals surface area contributed by atoms with Crippen molar-refractivity contribution in [3.05, 3.63) is 65.7 Å². The molecular formula is C24H30N2O3. The van der Waals surface area contributed by atoms with Gasteiger partial charge in [-0.05, 0) is 48.9 Å². The van der Waals surface area contributed by atoms with Crippen LogP contribution in [0.3, 0.4) is 0 Å². The molecule has 1 unspecified atom stereocenters. The first kappa shape index (κ1) is 19.9. The summed E-state index contributed by atoms with van der Waals surface area (Å²) in [5, 5.41) is 2.97. The number of piperidine rings is 1. The Bertz CT molecular complexity index is 782. The largest absolute Gasteiger partial charge is 0.490 e. The second-order valence-electron chi connectivity index (χ2n) is 8.04. The van der Waals surface area contributed by atoms with E-state index in [9.17, 15) is 4.79 Å². The molecule has 2 aromatic rings. The minimum atomic E-state index is -0.0760. The second kappa shape index (κ2) is 9.90. The Morgan fingerprint density at radius 3 is 2.66 bits per heavy atom. The van der Waals surface area contributed by atoms with Gasteiger partial charge >= 0.3 is 0 Å². The highest BCUT2D eigenvalue weighted by atomic mass is 16.5. The molecule has 2 aliphatic heterocycles. The maximum absolute atomic E-state index is 12.5. The number of rotatable bonds is 7. The number of likely N-dealkylation sites (tertiary alicyclic amines) is 1. The molecule has 4 rings (SSSR count). The van der Waals surface area contributed by atoms with E-state index in [0.29, 0.717) is 18.0 Å². The van der Waals surface area contributed by atoms with E-state index < -0.39 is 0 Å². The first-order valence-electron chi connectivity index (χ1n) is 10.7. The normalized spacial score (nSPS) is 20.5. The van der Waals surface area contributed by atoms with Crippen LogP contribution < -0.4 is 10.1 Å². The molecule has 0 saturated carbocycles. The van der Waals surface area contributed by atoms with Gasteiger partial charge in [0.05, 0.1) is 6.61 Å². The number of hydrogen-bond donors (Lipinski definition) is 1. The predicted molar refractivity (Wildman–Crippen MR) is 113 cm³/mol. The third-order valence-corrected chi connectivity index (χ3v) is 5.77. The molecule has 1 amide bonds. The van der Waals surface area contributed by atoms with E-state index in [1.165, 1.54) is 6.42 Å². The van der Waals surface area contributed by atoms with Crippen molar-refractivity contribution in [1.82, 2.24) is 10.2 Å². The Morgan fingerprint density at radius 2 is 1.90 bits per heavy atom. The first-order chi connectivity index (χ1) is 14.3. The highest BCUT2D eigenvalue weighted by molar-refractivity contribution is 5.94. The van der Waals surface area contributed by atoms with E-state index in [1.54, 1.807) is 0 Å². The van der Waals surface area contributed by atoms with E-state index in [-0.39, 0.29) is 12.0 Å². The Hall–Kier alpha value is -2.37. The molecule has 1 N–H and O–H groups in total. The maximum Gasteiger partial charge on any atom is 0.251 e. The van der Waals surface area contributed by atoms with E-state index >= 15 is 0 Å². The summed E-state index contributed by atoms with van der Waals surface area (Å²) >= 11 is 0. The number of amides is 1. The third kappa shape index (κ3) is 5.81. The molecule has 5 heteroatoms. The van der Waals surface area contributed by atoms with Crippen molar-refractivity contribution in [3.8, 4) is 5.75 Å². The molecule has 0 spiro atoms. The van der Waals surface area contributed by atoms with Crippen LogP contribution in [0.25, 0.3) is 0 Å². The fraction of sp³-hybridized carbons (Fsp3) is 0.458. The molecule has 0 aromatic heterocycles. The highest BCUT2D eigenvalue weighted by Crippen LogP contribution is 2.22. The Balaban J connectivity index is 1.25. The average Bonchev–Trinajstić information content (AvgIpc) is 3.27. The van der Waals surface area contributed by atoms with Gasteiger partial charge in [-0.2, -0.15) is 0 Å². The molecule has 0 aliphatic carbocycles. The number of carbonyl (C=O) groups is 1. The van der Waals surface area contributed by atoms with E-state index in [4.69, 9.17) is 9.47 Å². The van der Waals surface area contributed by atoms with Gasteiger partial charge in [0, 0.05) is 38.3 Å². The van der Waals surface area contributed by atoms with Gasteiger partial charge in [-0.25, -0.2) is 0 Å². The number of hydrogen-bond acceptors (Lipinski definition) is 4. The van der Waals surface area contributed by atoms with Crippen LogP contribution in [0.15, 0.2) is 54.6 Å². The SMILES string of the molecule is O=C(NCc1ccccc1)c1cccc(OC2CCN(CC3CCOC3)CC2)c1. The van der Waals surface area contributed by atoms with Gasteiger partial charge in [0.25, 0.3) is 5.91 Å². The van der Waals surface area contributed by atoms with E-state index in [0.717, 1.165) is 57.0 Å². The standard InChI is InChI=1S/C24H30N2O3/c27-24(25-16-19-5-2-1-3-6-19)21-7-4-8-23(15-21)29-22-9-12-26(13-10-22)17-20-11-14-28-18-20/h1-8,15,20,22H,9-14,16-18H2,(H,25,27). The number of ether oxygens (including phenoxy) is 2. The van der Waals surface area contributed by atoms with Crippen molar-refractivity contribution in [3.63, 3.8) is 0 Å². The highest BCUT2D eigenvalue weighted by Gasteiger charge is 2.24. The van der Waals surface area contributed by atoms with E-state index in [2.05, 4.69) is 10.2 Å². The molecule has 1 atom stereocenters. The summed E-state index contributed by atoms with van der Waals surface area (Å²) in [6, 6.07) is 17.4. The van der Waals surface area contributed by atoms with Crippen molar-refractivity contribution in [2.75, 3.05) is 32.8 Å². The Kier molecular flexibility index (Phi) is 6.80. The summed E-state index contributed by atoms with van der Waals surface area (Å²) in [4.78, 5) is 15.0. The van der Waals surface area contributed by atoms with Crippen LogP contribution in [-0.4, -0.2) is 49.8 Å². The molecule has 0 bridgehead atoms. The van der Waals surface area contributed by atoms with Crippen molar-refractivity contribution < 1.29 is 14.3 Å². The molecule has 5 nitrogen and oxygen atoms in total. The lowest BCUT2D eigenvalue weighted by Gasteiger charge is -2.33. The van der Waals surface area contributed by atoms with Gasteiger partial charge in [-0.3, -0.25) is 4.79 Å². The van der Waals surface area contributed by atoms with Crippen molar-refractivity contribution in [1.29, 1.82) is 0 Å². The van der Waals surface area contributed by atoms with Gasteiger partial charge < -0.3 is 19.7 Å². The zero-order valence-corrected chi connectivity index (χ0v) is 16.9. The van der Waals surface area contributed by atoms with E-state index in [1.807, 2.05) is 54.6 Å². The summed E-state index contributed by atoms with van der Waals surface area (Å²) < 4.78 is 11.7. The fourth-order valence-corrected chi connectivity index (χ4v) is 4.09. The lowest BCUT2D eigenvalue weighted by molar-refractivity contribution is 0.0874. The molecule has 29 heavy (non-hydrogen) atoms. The van der Waals surface area contributed by atoms with Gasteiger partial charge in [0.1, 0.15) is 11.9 Å². The van der Waals surface area contributed by atoms with Crippen LogP contribution in [-0.2, 0) is 11.3 Å². The summed E-state index contributed by atoms with van der Waals surface area (Å²) in [6.45, 7) is 5.63. The molecule has 2 heterocycles. The van der Waals surface area contributed by atoms with Crippen LogP contribution in [0.4, 0.5) is 0 Å². The van der Waals surface area contributed by atoms with Gasteiger partial charge in [0.15, 0.2) is 0 Å². The lowest BCUT2D eigenvalue weighted by Crippen LogP contribution is -2.40. The summed E-state index contributed by atoms with van der Waals surface area (Å²) in [5.74, 6) is 1.39. The molecule has 0 radical (unpaired) electrons. The maximum atomic E-state index is 12.5. The number of nitrogens with one attached hydrogen (secondary N) is 1. The molecule has 2 aliphatic rings.